The van der Waals surface area contributed by atoms with Crippen LogP contribution in [0.25, 0.3) is 0 Å². The zero-order valence-electron chi connectivity index (χ0n) is 8.89. The molecule has 1 fully saturated rings. The molecule has 0 saturated carbocycles. The zero-order chi connectivity index (χ0) is 11.7. The third-order valence-corrected chi connectivity index (χ3v) is 4.91. The molecule has 1 saturated heterocycles. The van der Waals surface area contributed by atoms with Crippen molar-refractivity contribution in [1.29, 1.82) is 0 Å². The summed E-state index contributed by atoms with van der Waals surface area (Å²) in [6.45, 7) is 1.43. The number of hydrogen-bond donors (Lipinski definition) is 1. The van der Waals surface area contributed by atoms with E-state index in [1.54, 1.807) is 0 Å². The van der Waals surface area contributed by atoms with Crippen LogP contribution in [0.2, 0.25) is 0 Å². The van der Waals surface area contributed by atoms with Crippen LogP contribution in [-0.2, 0) is 19.4 Å². The number of rotatable bonds is 3. The van der Waals surface area contributed by atoms with Crippen molar-refractivity contribution in [2.24, 2.45) is 5.92 Å². The lowest BCUT2D eigenvalue weighted by Gasteiger charge is -2.34. The summed E-state index contributed by atoms with van der Waals surface area (Å²) in [5.41, 5.74) is -1.40. The minimum atomic E-state index is -3.10. The molecule has 0 amide bonds. The molecule has 0 aromatic heterocycles. The van der Waals surface area contributed by atoms with Gasteiger partial charge in [-0.05, 0) is 19.8 Å². The molecule has 1 aliphatic rings. The van der Waals surface area contributed by atoms with E-state index < -0.39 is 27.3 Å². The second-order valence-corrected chi connectivity index (χ2v) is 6.30. The highest BCUT2D eigenvalue weighted by atomic mass is 32.2. The molecular weight excluding hydrogens is 220 g/mol. The largest absolute Gasteiger partial charge is 0.479 e. The van der Waals surface area contributed by atoms with Gasteiger partial charge in [0.2, 0.25) is 0 Å². The molecule has 5 nitrogen and oxygen atoms in total. The number of carbonyl (C=O) groups is 1. The minimum Gasteiger partial charge on any atom is -0.479 e. The lowest BCUT2D eigenvalue weighted by Crippen LogP contribution is -2.49. The molecule has 0 aliphatic carbocycles. The first-order valence-corrected chi connectivity index (χ1v) is 6.63. The second kappa shape index (κ2) is 4.09. The van der Waals surface area contributed by atoms with Crippen LogP contribution in [-0.4, -0.2) is 43.7 Å². The summed E-state index contributed by atoms with van der Waals surface area (Å²) in [6.07, 6.45) is 1.09. The normalized spacial score (nSPS) is 29.3. The van der Waals surface area contributed by atoms with Crippen molar-refractivity contribution in [2.75, 3.05) is 18.6 Å². The molecule has 0 aromatic rings. The van der Waals surface area contributed by atoms with Gasteiger partial charge in [0.15, 0.2) is 15.4 Å². The second-order valence-electron chi connectivity index (χ2n) is 4.07. The zero-order valence-corrected chi connectivity index (χ0v) is 9.71. The highest BCUT2D eigenvalue weighted by molar-refractivity contribution is 7.91. The molecule has 0 radical (unpaired) electrons. The lowest BCUT2D eigenvalue weighted by molar-refractivity contribution is -0.166. The van der Waals surface area contributed by atoms with Crippen molar-refractivity contribution in [1.82, 2.24) is 0 Å². The highest BCUT2D eigenvalue weighted by Crippen LogP contribution is 2.31. The molecule has 2 atom stereocenters. The Morgan fingerprint density at radius 2 is 2.13 bits per heavy atom. The number of methoxy groups -OCH3 is 1. The third-order valence-electron chi connectivity index (χ3n) is 3.09. The number of carboxylic acid groups (broad SMARTS) is 1. The molecule has 6 heteroatoms. The van der Waals surface area contributed by atoms with Crippen molar-refractivity contribution in [3.8, 4) is 0 Å². The van der Waals surface area contributed by atoms with Gasteiger partial charge in [-0.3, -0.25) is 0 Å². The average Bonchev–Trinajstić information content (AvgIpc) is 2.14. The first-order valence-electron chi connectivity index (χ1n) is 4.81. The van der Waals surface area contributed by atoms with Gasteiger partial charge in [-0.1, -0.05) is 0 Å². The first-order chi connectivity index (χ1) is 6.82. The summed E-state index contributed by atoms with van der Waals surface area (Å²) >= 11 is 0. The van der Waals surface area contributed by atoms with Crippen LogP contribution >= 0.6 is 0 Å². The molecule has 1 aliphatic heterocycles. The van der Waals surface area contributed by atoms with E-state index in [1.165, 1.54) is 14.0 Å². The van der Waals surface area contributed by atoms with Crippen molar-refractivity contribution >= 4 is 15.8 Å². The summed E-state index contributed by atoms with van der Waals surface area (Å²) in [7, 11) is -1.80. The van der Waals surface area contributed by atoms with Gasteiger partial charge in [0, 0.05) is 13.0 Å². The van der Waals surface area contributed by atoms with E-state index in [9.17, 15) is 13.2 Å². The van der Waals surface area contributed by atoms with Crippen LogP contribution in [0.15, 0.2) is 0 Å². The van der Waals surface area contributed by atoms with Crippen LogP contribution in [0.4, 0.5) is 0 Å². The summed E-state index contributed by atoms with van der Waals surface area (Å²) in [6, 6.07) is 0. The minimum absolute atomic E-state index is 0.0936. The van der Waals surface area contributed by atoms with Crippen molar-refractivity contribution < 1.29 is 23.1 Å². The SMILES string of the molecule is COC(C)(C(=O)O)C1CCCS(=O)(=O)C1. The van der Waals surface area contributed by atoms with Crippen molar-refractivity contribution in [2.45, 2.75) is 25.4 Å². The number of ether oxygens (including phenoxy) is 1. The Hall–Kier alpha value is -0.620. The number of carboxylic acids is 1. The van der Waals surface area contributed by atoms with Gasteiger partial charge in [-0.25, -0.2) is 13.2 Å². The van der Waals surface area contributed by atoms with E-state index in [1.807, 2.05) is 0 Å². The Labute approximate surface area is 89.3 Å². The molecule has 0 aromatic carbocycles. The quantitative estimate of drug-likeness (QED) is 0.762. The summed E-state index contributed by atoms with van der Waals surface area (Å²) < 4.78 is 27.8. The average molecular weight is 236 g/mol. The van der Waals surface area contributed by atoms with E-state index in [0.717, 1.165) is 0 Å². The number of aliphatic carboxylic acids is 1. The van der Waals surface area contributed by atoms with E-state index >= 15 is 0 Å². The molecule has 2 unspecified atom stereocenters. The Morgan fingerprint density at radius 1 is 1.53 bits per heavy atom. The summed E-state index contributed by atoms with van der Waals surface area (Å²) in [5, 5.41) is 9.04. The highest BCUT2D eigenvalue weighted by Gasteiger charge is 2.45. The van der Waals surface area contributed by atoms with Crippen molar-refractivity contribution in [3.63, 3.8) is 0 Å². The Bertz CT molecular complexity index is 348. The van der Waals surface area contributed by atoms with Gasteiger partial charge in [-0.15, -0.1) is 0 Å². The van der Waals surface area contributed by atoms with Gasteiger partial charge < -0.3 is 9.84 Å². The molecule has 1 rings (SSSR count). The van der Waals surface area contributed by atoms with Gasteiger partial charge in [0.25, 0.3) is 0 Å². The Morgan fingerprint density at radius 3 is 2.53 bits per heavy atom. The maximum atomic E-state index is 11.4. The summed E-state index contributed by atoms with van der Waals surface area (Å²) in [5.74, 6) is -1.50. The molecule has 88 valence electrons. The van der Waals surface area contributed by atoms with Gasteiger partial charge in [-0.2, -0.15) is 0 Å². The van der Waals surface area contributed by atoms with E-state index in [2.05, 4.69) is 0 Å². The third kappa shape index (κ3) is 2.49. The fourth-order valence-electron chi connectivity index (χ4n) is 1.89. The molecule has 15 heavy (non-hydrogen) atoms. The van der Waals surface area contributed by atoms with E-state index in [4.69, 9.17) is 9.84 Å². The van der Waals surface area contributed by atoms with Crippen LogP contribution in [0.3, 0.4) is 0 Å². The van der Waals surface area contributed by atoms with Crippen LogP contribution < -0.4 is 0 Å². The standard InChI is InChI=1S/C9H16O5S/c1-9(14-2,8(10)11)7-4-3-5-15(12,13)6-7/h7H,3-6H2,1-2H3,(H,10,11). The number of hydrogen-bond acceptors (Lipinski definition) is 4. The van der Waals surface area contributed by atoms with Crippen LogP contribution in [0.5, 0.6) is 0 Å². The molecular formula is C9H16O5S. The van der Waals surface area contributed by atoms with Crippen LogP contribution in [0.1, 0.15) is 19.8 Å². The van der Waals surface area contributed by atoms with E-state index in [0.29, 0.717) is 12.8 Å². The Kier molecular flexibility index (Phi) is 3.40. The fourth-order valence-corrected chi connectivity index (χ4v) is 3.76. The van der Waals surface area contributed by atoms with Gasteiger partial charge in [0.1, 0.15) is 0 Å². The molecule has 0 bridgehead atoms. The van der Waals surface area contributed by atoms with Crippen molar-refractivity contribution in [3.05, 3.63) is 0 Å². The van der Waals surface area contributed by atoms with E-state index in [-0.39, 0.29) is 11.5 Å². The fraction of sp³-hybridized carbons (Fsp3) is 0.889. The van der Waals surface area contributed by atoms with Gasteiger partial charge >= 0.3 is 5.97 Å². The number of sulfone groups is 1. The molecule has 1 heterocycles. The maximum Gasteiger partial charge on any atom is 0.335 e. The first kappa shape index (κ1) is 12.4. The Balaban J connectivity index is 2.91. The molecule has 1 N–H and O–H groups in total. The predicted molar refractivity (Wildman–Crippen MR) is 54.4 cm³/mol. The molecule has 0 spiro atoms. The topological polar surface area (TPSA) is 80.7 Å². The van der Waals surface area contributed by atoms with Crippen LogP contribution in [0, 0.1) is 5.92 Å². The monoisotopic (exact) mass is 236 g/mol. The van der Waals surface area contributed by atoms with Gasteiger partial charge in [0.05, 0.1) is 11.5 Å². The summed E-state index contributed by atoms with van der Waals surface area (Å²) in [4.78, 5) is 11.0. The maximum absolute atomic E-state index is 11.4. The smallest absolute Gasteiger partial charge is 0.335 e. The lowest BCUT2D eigenvalue weighted by atomic mass is 9.86. The predicted octanol–water partition coefficient (Wildman–Crippen LogP) is 0.301.